The third-order valence-corrected chi connectivity index (χ3v) is 10.9. The van der Waals surface area contributed by atoms with Crippen LogP contribution in [0.25, 0.3) is 0 Å². The number of carbonyl (C=O) groups excluding carboxylic acids is 1. The largest absolute Gasteiger partial charge is 0.472 e. The summed E-state index contributed by atoms with van der Waals surface area (Å²) in [6.07, 6.45) is 40.8. The Morgan fingerprint density at radius 1 is 0.660 bits per heavy atom. The van der Waals surface area contributed by atoms with E-state index in [4.69, 9.17) is 14.8 Å². The van der Waals surface area contributed by atoms with Crippen molar-refractivity contribution in [2.24, 2.45) is 5.73 Å². The van der Waals surface area contributed by atoms with Gasteiger partial charge in [-0.3, -0.25) is 13.8 Å². The van der Waals surface area contributed by atoms with Crippen molar-refractivity contribution >= 4 is 13.7 Å². The van der Waals surface area contributed by atoms with Crippen molar-refractivity contribution in [2.45, 2.75) is 225 Å². The first-order chi connectivity index (χ1) is 25.8. The second-order valence-corrected chi connectivity index (χ2v) is 16.5. The van der Waals surface area contributed by atoms with E-state index in [0.717, 1.165) is 51.4 Å². The Kier molecular flexibility index (Phi) is 38.4. The molecule has 10 heteroatoms. The molecule has 4 atom stereocenters. The van der Waals surface area contributed by atoms with Gasteiger partial charge in [0.25, 0.3) is 0 Å². The lowest BCUT2D eigenvalue weighted by Crippen LogP contribution is -2.47. The molecule has 0 rings (SSSR count). The third-order valence-electron chi connectivity index (χ3n) is 9.87. The lowest BCUT2D eigenvalue weighted by Gasteiger charge is -2.25. The van der Waals surface area contributed by atoms with Gasteiger partial charge in [-0.25, -0.2) is 4.57 Å². The number of hydrogen-bond acceptors (Lipinski definition) is 7. The number of amides is 1. The van der Waals surface area contributed by atoms with Crippen molar-refractivity contribution in [1.82, 2.24) is 5.32 Å². The zero-order chi connectivity index (χ0) is 39.1. The summed E-state index contributed by atoms with van der Waals surface area (Å²) in [5, 5.41) is 24.2. The van der Waals surface area contributed by atoms with Crippen molar-refractivity contribution < 1.29 is 33.5 Å². The number of allylic oxidation sites excluding steroid dienone is 4. The lowest BCUT2D eigenvalue weighted by atomic mass is 10.0. The summed E-state index contributed by atoms with van der Waals surface area (Å²) in [5.74, 6) is -0.414. The van der Waals surface area contributed by atoms with E-state index in [1.165, 1.54) is 122 Å². The summed E-state index contributed by atoms with van der Waals surface area (Å²) in [6.45, 7) is 3.94. The Labute approximate surface area is 326 Å². The number of nitrogens with one attached hydrogen (secondary N) is 1. The van der Waals surface area contributed by atoms with Gasteiger partial charge in [0.05, 0.1) is 37.9 Å². The molecule has 0 fully saturated rings. The Morgan fingerprint density at radius 3 is 1.64 bits per heavy atom. The van der Waals surface area contributed by atoms with Gasteiger partial charge in [0.1, 0.15) is 0 Å². The smallest absolute Gasteiger partial charge is 0.393 e. The molecule has 0 spiro atoms. The second kappa shape index (κ2) is 39.2. The molecular formula is C43H85N2O7P. The minimum Gasteiger partial charge on any atom is -0.393 e. The quantitative estimate of drug-likeness (QED) is 0.0234. The van der Waals surface area contributed by atoms with E-state index in [2.05, 4.69) is 43.5 Å². The number of aliphatic hydroxyl groups excluding tert-OH is 2. The predicted molar refractivity (Wildman–Crippen MR) is 223 cm³/mol. The number of phosphoric acid groups is 1. The molecule has 1 amide bonds. The van der Waals surface area contributed by atoms with Gasteiger partial charge in [-0.2, -0.15) is 0 Å². The van der Waals surface area contributed by atoms with Crippen molar-refractivity contribution in [1.29, 1.82) is 0 Å². The van der Waals surface area contributed by atoms with Crippen LogP contribution in [-0.2, 0) is 18.4 Å². The van der Waals surface area contributed by atoms with Gasteiger partial charge in [0.2, 0.25) is 5.91 Å². The van der Waals surface area contributed by atoms with Crippen LogP contribution in [0.4, 0.5) is 0 Å². The highest BCUT2D eigenvalue weighted by Gasteiger charge is 2.28. The van der Waals surface area contributed by atoms with Gasteiger partial charge >= 0.3 is 7.82 Å². The highest BCUT2D eigenvalue weighted by atomic mass is 31.2. The first-order valence-corrected chi connectivity index (χ1v) is 23.5. The van der Waals surface area contributed by atoms with Gasteiger partial charge in [-0.15, -0.1) is 0 Å². The minimum atomic E-state index is -4.37. The number of carbonyl (C=O) groups is 1. The van der Waals surface area contributed by atoms with Crippen LogP contribution in [0.3, 0.4) is 0 Å². The molecule has 6 N–H and O–H groups in total. The summed E-state index contributed by atoms with van der Waals surface area (Å²) in [5.41, 5.74) is 5.36. The Bertz CT molecular complexity index is 904. The highest BCUT2D eigenvalue weighted by Crippen LogP contribution is 2.43. The summed E-state index contributed by atoms with van der Waals surface area (Å²) in [7, 11) is -4.37. The van der Waals surface area contributed by atoms with E-state index in [1.54, 1.807) is 0 Å². The maximum Gasteiger partial charge on any atom is 0.472 e. The van der Waals surface area contributed by atoms with Crippen LogP contribution < -0.4 is 11.1 Å². The van der Waals surface area contributed by atoms with Gasteiger partial charge in [0.15, 0.2) is 0 Å². The normalized spacial score (nSPS) is 14.9. The van der Waals surface area contributed by atoms with E-state index >= 15 is 0 Å². The fraction of sp³-hybridized carbons (Fsp3) is 0.884. The average molecular weight is 773 g/mol. The number of aliphatic hydroxyl groups is 2. The molecule has 0 saturated heterocycles. The first-order valence-electron chi connectivity index (χ1n) is 22.0. The van der Waals surface area contributed by atoms with E-state index < -0.39 is 32.0 Å². The highest BCUT2D eigenvalue weighted by molar-refractivity contribution is 7.47. The Balaban J connectivity index is 4.18. The molecule has 9 nitrogen and oxygen atoms in total. The maximum absolute atomic E-state index is 12.8. The molecule has 0 heterocycles. The maximum atomic E-state index is 12.8. The third kappa shape index (κ3) is 37.6. The molecule has 0 bridgehead atoms. The SMILES string of the molecule is CC/C=C\C/C=C\CCCCCCCCCCCCCCC(O)CC(=O)NC(COP(=O)(O)OCCN)C(O)CCCCCCCCCCCCCC. The molecule has 4 unspecified atom stereocenters. The van der Waals surface area contributed by atoms with Crippen LogP contribution in [0.2, 0.25) is 0 Å². The summed E-state index contributed by atoms with van der Waals surface area (Å²) in [4.78, 5) is 22.8. The van der Waals surface area contributed by atoms with Crippen molar-refractivity contribution in [3.63, 3.8) is 0 Å². The zero-order valence-electron chi connectivity index (χ0n) is 34.4. The lowest BCUT2D eigenvalue weighted by molar-refractivity contribution is -0.125. The van der Waals surface area contributed by atoms with E-state index in [1.807, 2.05) is 0 Å². The fourth-order valence-corrected chi connectivity index (χ4v) is 7.33. The van der Waals surface area contributed by atoms with E-state index in [0.29, 0.717) is 12.8 Å². The first kappa shape index (κ1) is 51.9. The molecule has 53 heavy (non-hydrogen) atoms. The van der Waals surface area contributed by atoms with Crippen molar-refractivity contribution in [3.8, 4) is 0 Å². The number of unbranched alkanes of at least 4 members (excludes halogenated alkanes) is 23. The van der Waals surface area contributed by atoms with Crippen LogP contribution in [0, 0.1) is 0 Å². The summed E-state index contributed by atoms with van der Waals surface area (Å²) < 4.78 is 22.1. The van der Waals surface area contributed by atoms with Crippen LogP contribution in [-0.4, -0.2) is 59.0 Å². The Morgan fingerprint density at radius 2 is 1.13 bits per heavy atom. The molecule has 0 radical (unpaired) electrons. The molecule has 314 valence electrons. The summed E-state index contributed by atoms with van der Waals surface area (Å²) >= 11 is 0. The van der Waals surface area contributed by atoms with Crippen molar-refractivity contribution in [2.75, 3.05) is 19.8 Å². The van der Waals surface area contributed by atoms with E-state index in [9.17, 15) is 24.5 Å². The summed E-state index contributed by atoms with van der Waals surface area (Å²) in [6, 6.07) is -0.894. The topological polar surface area (TPSA) is 151 Å². The van der Waals surface area contributed by atoms with Gasteiger partial charge in [0, 0.05) is 6.54 Å². The van der Waals surface area contributed by atoms with Crippen molar-refractivity contribution in [3.05, 3.63) is 24.3 Å². The number of hydrogen-bond donors (Lipinski definition) is 5. The van der Waals surface area contributed by atoms with Crippen LogP contribution in [0.15, 0.2) is 24.3 Å². The average Bonchev–Trinajstić information content (AvgIpc) is 3.13. The van der Waals surface area contributed by atoms with Crippen LogP contribution in [0.1, 0.15) is 206 Å². The molecule has 0 aliphatic carbocycles. The Hall–Kier alpha value is -1.06. The monoisotopic (exact) mass is 773 g/mol. The molecule has 0 aliphatic rings. The van der Waals surface area contributed by atoms with Gasteiger partial charge in [-0.05, 0) is 38.5 Å². The molecular weight excluding hydrogens is 687 g/mol. The zero-order valence-corrected chi connectivity index (χ0v) is 35.3. The fourth-order valence-electron chi connectivity index (χ4n) is 6.57. The van der Waals surface area contributed by atoms with Crippen LogP contribution in [0.5, 0.6) is 0 Å². The van der Waals surface area contributed by atoms with Crippen LogP contribution >= 0.6 is 7.82 Å². The standard InChI is InChI=1S/C43H85N2O7P/c1-3-5-7-9-11-13-15-17-18-19-20-21-22-23-24-26-28-30-32-34-40(46)38-43(48)45-41(39-52-53(49,50)51-37-36-44)42(47)35-33-31-29-27-25-16-14-12-10-8-6-4-2/h5,7,11,13,40-42,46-47H,3-4,6,8-10,12,14-39,44H2,1-2H3,(H,45,48)(H,49,50)/b7-5-,13-11-. The molecule has 0 aromatic heterocycles. The number of phosphoric ester groups is 1. The van der Waals surface area contributed by atoms with E-state index in [-0.39, 0.29) is 26.2 Å². The van der Waals surface area contributed by atoms with Gasteiger partial charge < -0.3 is 26.2 Å². The predicted octanol–water partition coefficient (Wildman–Crippen LogP) is 11.1. The molecule has 0 aliphatic heterocycles. The number of nitrogens with two attached hydrogens (primary N) is 1. The minimum absolute atomic E-state index is 0.0600. The molecule has 0 aromatic carbocycles. The number of rotatable bonds is 41. The second-order valence-electron chi connectivity index (χ2n) is 15.1. The molecule has 0 aromatic rings. The van der Waals surface area contributed by atoms with Gasteiger partial charge in [-0.1, -0.05) is 186 Å². The molecule has 0 saturated carbocycles.